The van der Waals surface area contributed by atoms with Gasteiger partial charge in [0.15, 0.2) is 5.37 Å². The van der Waals surface area contributed by atoms with Crippen LogP contribution in [-0.4, -0.2) is 43.7 Å². The van der Waals surface area contributed by atoms with Crippen molar-refractivity contribution in [3.05, 3.63) is 83.4 Å². The summed E-state index contributed by atoms with van der Waals surface area (Å²) >= 11 is 0. The lowest BCUT2D eigenvalue weighted by Crippen LogP contribution is -2.35. The molecular weight excluding hydrogens is 438 g/mol. The Morgan fingerprint density at radius 3 is 2.45 bits per heavy atom. The molecule has 3 amide bonds. The minimum Gasteiger partial charge on any atom is -0.384 e. The normalized spacial score (nSPS) is 17.4. The molecule has 0 aliphatic carbocycles. The highest BCUT2D eigenvalue weighted by atomic mass is 32.2. The minimum absolute atomic E-state index is 0.158. The monoisotopic (exact) mass is 461 g/mol. The van der Waals surface area contributed by atoms with Gasteiger partial charge in [-0.1, -0.05) is 48.0 Å². The molecule has 3 aromatic rings. The number of sulfone groups is 1. The van der Waals surface area contributed by atoms with Crippen LogP contribution in [0.5, 0.6) is 0 Å². The molecule has 1 unspecified atom stereocenters. The number of hydrogen-bond donors (Lipinski definition) is 2. The van der Waals surface area contributed by atoms with Gasteiger partial charge >= 0.3 is 6.03 Å². The van der Waals surface area contributed by atoms with Gasteiger partial charge in [0, 0.05) is 23.4 Å². The van der Waals surface area contributed by atoms with E-state index in [1.165, 1.54) is 0 Å². The second-order valence-electron chi connectivity index (χ2n) is 8.27. The van der Waals surface area contributed by atoms with Gasteiger partial charge in [0.05, 0.1) is 11.4 Å². The average Bonchev–Trinajstić information content (AvgIpc) is 3.46. The number of urea groups is 1. The maximum absolute atomic E-state index is 13.8. The van der Waals surface area contributed by atoms with Crippen LogP contribution in [0.4, 0.5) is 10.5 Å². The lowest BCUT2D eigenvalue weighted by molar-refractivity contribution is 0.0828. The molecule has 7 nitrogen and oxygen atoms in total. The van der Waals surface area contributed by atoms with Crippen molar-refractivity contribution in [2.75, 3.05) is 18.4 Å². The Morgan fingerprint density at radius 1 is 1.00 bits per heavy atom. The molecule has 2 aliphatic heterocycles. The second kappa shape index (κ2) is 8.04. The first-order chi connectivity index (χ1) is 15.9. The van der Waals surface area contributed by atoms with Gasteiger partial charge in [-0.15, -0.1) is 0 Å². The number of carbonyl (C=O) groups is 2. The number of rotatable bonds is 4. The third-order valence-corrected chi connectivity index (χ3v) is 8.10. The Morgan fingerprint density at radius 2 is 1.73 bits per heavy atom. The van der Waals surface area contributed by atoms with Gasteiger partial charge in [-0.25, -0.2) is 13.2 Å². The summed E-state index contributed by atoms with van der Waals surface area (Å²) in [6.45, 7) is 2.38. The van der Waals surface area contributed by atoms with E-state index in [0.717, 1.165) is 33.8 Å². The minimum atomic E-state index is -3.98. The number of nitrogens with zero attached hydrogens (tertiary/aromatic N) is 1. The van der Waals surface area contributed by atoms with Crippen LogP contribution in [0, 0.1) is 6.92 Å². The van der Waals surface area contributed by atoms with E-state index in [1.54, 1.807) is 36.4 Å². The Bertz CT molecular complexity index is 1350. The second-order valence-corrected chi connectivity index (χ2v) is 10.4. The van der Waals surface area contributed by atoms with Gasteiger partial charge in [0.1, 0.15) is 0 Å². The summed E-state index contributed by atoms with van der Waals surface area (Å²) in [5.74, 6) is -0.522. The summed E-state index contributed by atoms with van der Waals surface area (Å²) in [5, 5.41) is 4.58. The summed E-state index contributed by atoms with van der Waals surface area (Å²) in [6.07, 6.45) is 0.706. The number of anilines is 1. The molecule has 0 bridgehead atoms. The fourth-order valence-corrected chi connectivity index (χ4v) is 6.09. The van der Waals surface area contributed by atoms with Crippen LogP contribution >= 0.6 is 0 Å². The zero-order valence-corrected chi connectivity index (χ0v) is 18.9. The van der Waals surface area contributed by atoms with Crippen LogP contribution in [0.15, 0.2) is 71.6 Å². The maximum atomic E-state index is 13.8. The highest BCUT2D eigenvalue weighted by Crippen LogP contribution is 2.39. The number of nitrogens with one attached hydrogen (secondary N) is 2. The predicted octanol–water partition coefficient (Wildman–Crippen LogP) is 3.60. The summed E-state index contributed by atoms with van der Waals surface area (Å²) in [7, 11) is -3.98. The first kappa shape index (κ1) is 21.2. The Balaban J connectivity index is 1.52. The summed E-state index contributed by atoms with van der Waals surface area (Å²) < 4.78 is 27.5. The number of hydrogen-bond acceptors (Lipinski definition) is 5. The molecular formula is C25H23N3O4S. The fourth-order valence-electron chi connectivity index (χ4n) is 4.40. The molecule has 168 valence electrons. The van der Waals surface area contributed by atoms with E-state index < -0.39 is 27.1 Å². The van der Waals surface area contributed by atoms with Crippen molar-refractivity contribution in [1.29, 1.82) is 0 Å². The smallest absolute Gasteiger partial charge is 0.325 e. The SMILES string of the molecule is Cc1ccc(C(=O)N2CC(S(=O)(=O)c3ccc4c(c3-c3ccccc3)CCN4)NC2=O)cc1. The van der Waals surface area contributed by atoms with Gasteiger partial charge in [0.2, 0.25) is 9.84 Å². The number of carbonyl (C=O) groups excluding carboxylic acids is 2. The van der Waals surface area contributed by atoms with Gasteiger partial charge in [-0.2, -0.15) is 0 Å². The van der Waals surface area contributed by atoms with Crippen LogP contribution in [0.25, 0.3) is 11.1 Å². The number of aryl methyl sites for hydroxylation is 1. The summed E-state index contributed by atoms with van der Waals surface area (Å²) in [4.78, 5) is 26.6. The molecule has 5 rings (SSSR count). The third-order valence-electron chi connectivity index (χ3n) is 6.13. The van der Waals surface area contributed by atoms with Crippen LogP contribution in [-0.2, 0) is 16.3 Å². The lowest BCUT2D eigenvalue weighted by Gasteiger charge is -2.18. The van der Waals surface area contributed by atoms with Gasteiger partial charge in [-0.05, 0) is 48.7 Å². The Kier molecular flexibility index (Phi) is 5.17. The largest absolute Gasteiger partial charge is 0.384 e. The first-order valence-corrected chi connectivity index (χ1v) is 12.3. The van der Waals surface area contributed by atoms with E-state index >= 15 is 0 Å². The summed E-state index contributed by atoms with van der Waals surface area (Å²) in [5.41, 5.74) is 4.63. The van der Waals surface area contributed by atoms with Crippen LogP contribution in [0.3, 0.4) is 0 Å². The molecule has 33 heavy (non-hydrogen) atoms. The standard InChI is InChI=1S/C25H23N3O4S/c1-16-7-9-18(10-8-16)24(29)28-15-22(27-25(28)30)33(31,32)21-12-11-20-19(13-14-26-20)23(21)17-5-3-2-4-6-17/h2-12,22,26H,13-15H2,1H3,(H,27,30). The topological polar surface area (TPSA) is 95.6 Å². The highest BCUT2D eigenvalue weighted by molar-refractivity contribution is 7.92. The van der Waals surface area contributed by atoms with Crippen molar-refractivity contribution in [2.24, 2.45) is 0 Å². The zero-order chi connectivity index (χ0) is 23.2. The molecule has 3 aromatic carbocycles. The van der Waals surface area contributed by atoms with Crippen molar-refractivity contribution in [1.82, 2.24) is 10.2 Å². The fraction of sp³-hybridized carbons (Fsp3) is 0.200. The molecule has 1 fully saturated rings. The molecule has 8 heteroatoms. The molecule has 0 aromatic heterocycles. The number of amides is 3. The van der Waals surface area contributed by atoms with Crippen molar-refractivity contribution >= 4 is 27.5 Å². The molecule has 2 N–H and O–H groups in total. The van der Waals surface area contributed by atoms with Gasteiger partial charge in [0.25, 0.3) is 5.91 Å². The maximum Gasteiger partial charge on any atom is 0.325 e. The quantitative estimate of drug-likeness (QED) is 0.619. The molecule has 2 heterocycles. The molecule has 1 atom stereocenters. The van der Waals surface area contributed by atoms with Crippen molar-refractivity contribution < 1.29 is 18.0 Å². The first-order valence-electron chi connectivity index (χ1n) is 10.7. The van der Waals surface area contributed by atoms with E-state index in [1.807, 2.05) is 37.3 Å². The molecule has 1 saturated heterocycles. The summed E-state index contributed by atoms with van der Waals surface area (Å²) in [6, 6.07) is 18.9. The van der Waals surface area contributed by atoms with Crippen LogP contribution in [0.1, 0.15) is 21.5 Å². The molecule has 0 saturated carbocycles. The molecule has 2 aliphatic rings. The third kappa shape index (κ3) is 3.66. The number of fused-ring (bicyclic) bond motifs is 1. The van der Waals surface area contributed by atoms with E-state index in [-0.39, 0.29) is 11.4 Å². The average molecular weight is 462 g/mol. The van der Waals surface area contributed by atoms with E-state index in [0.29, 0.717) is 17.5 Å². The lowest BCUT2D eigenvalue weighted by atomic mass is 9.98. The van der Waals surface area contributed by atoms with E-state index in [9.17, 15) is 18.0 Å². The van der Waals surface area contributed by atoms with Crippen LogP contribution < -0.4 is 10.6 Å². The zero-order valence-electron chi connectivity index (χ0n) is 18.0. The van der Waals surface area contributed by atoms with Crippen LogP contribution in [0.2, 0.25) is 0 Å². The number of imide groups is 1. The predicted molar refractivity (Wildman–Crippen MR) is 126 cm³/mol. The van der Waals surface area contributed by atoms with Gasteiger partial charge < -0.3 is 10.6 Å². The van der Waals surface area contributed by atoms with E-state index in [2.05, 4.69) is 10.6 Å². The highest BCUT2D eigenvalue weighted by Gasteiger charge is 2.42. The molecule has 0 radical (unpaired) electrons. The van der Waals surface area contributed by atoms with Crippen molar-refractivity contribution in [3.63, 3.8) is 0 Å². The number of benzene rings is 3. The van der Waals surface area contributed by atoms with Crippen molar-refractivity contribution in [3.8, 4) is 11.1 Å². The van der Waals surface area contributed by atoms with E-state index in [4.69, 9.17) is 0 Å². The molecule has 0 spiro atoms. The van der Waals surface area contributed by atoms with Gasteiger partial charge in [-0.3, -0.25) is 9.69 Å². The Hall–Kier alpha value is -3.65. The Labute approximate surface area is 192 Å². The van der Waals surface area contributed by atoms with Crippen molar-refractivity contribution in [2.45, 2.75) is 23.6 Å².